The molecule has 15 heavy (non-hydrogen) atoms. The highest BCUT2D eigenvalue weighted by Crippen LogP contribution is 2.35. The van der Waals surface area contributed by atoms with Crippen LogP contribution >= 0.6 is 7.82 Å². The molecule has 6 nitrogen and oxygen atoms in total. The van der Waals surface area contributed by atoms with Gasteiger partial charge in [0, 0.05) is 0 Å². The van der Waals surface area contributed by atoms with Gasteiger partial charge in [-0.25, -0.2) is 4.57 Å². The van der Waals surface area contributed by atoms with E-state index in [1.165, 1.54) is 0 Å². The molecule has 0 rings (SSSR count). The lowest BCUT2D eigenvalue weighted by molar-refractivity contribution is -0.147. The third-order valence-electron chi connectivity index (χ3n) is 1.51. The van der Waals surface area contributed by atoms with E-state index in [0.29, 0.717) is 12.8 Å². The molecule has 0 amide bonds. The van der Waals surface area contributed by atoms with Gasteiger partial charge < -0.3 is 14.5 Å². The molecule has 7 heteroatoms. The summed E-state index contributed by atoms with van der Waals surface area (Å²) in [5, 5.41) is 0. The van der Waals surface area contributed by atoms with Crippen LogP contribution in [0.3, 0.4) is 0 Å². The minimum atomic E-state index is -4.36. The minimum Gasteiger partial charge on any atom is -0.465 e. The highest BCUT2D eigenvalue weighted by atomic mass is 31.2. The summed E-state index contributed by atoms with van der Waals surface area (Å²) in [5.74, 6) is -0.428. The molecule has 0 aromatic rings. The second kappa shape index (κ2) is 6.95. The van der Waals surface area contributed by atoms with Gasteiger partial charge >= 0.3 is 13.8 Å². The second-order valence-corrected chi connectivity index (χ2v) is 4.59. The van der Waals surface area contributed by atoms with Gasteiger partial charge in [0.15, 0.2) is 0 Å². The molecule has 0 aliphatic heterocycles. The van der Waals surface area contributed by atoms with Crippen molar-refractivity contribution in [1.82, 2.24) is 0 Å². The van der Waals surface area contributed by atoms with Crippen LogP contribution < -0.4 is 0 Å². The van der Waals surface area contributed by atoms with Gasteiger partial charge in [0.25, 0.3) is 0 Å². The standard InChI is InChI=1S/C8H17O6P/c1-7(2)8(9)13-5-3-4-6-14-15(10,11)12/h7H,3-6H2,1-2H3,(H2,10,11,12). The van der Waals surface area contributed by atoms with Gasteiger partial charge in [-0.3, -0.25) is 9.32 Å². The summed E-state index contributed by atoms with van der Waals surface area (Å²) in [5.41, 5.74) is 0. The molecule has 0 bridgehead atoms. The van der Waals surface area contributed by atoms with Crippen LogP contribution in [0.2, 0.25) is 0 Å². The molecule has 90 valence electrons. The number of carbonyl (C=O) groups is 1. The van der Waals surface area contributed by atoms with Gasteiger partial charge in [0.05, 0.1) is 19.1 Å². The quantitative estimate of drug-likeness (QED) is 0.393. The van der Waals surface area contributed by atoms with E-state index in [2.05, 4.69) is 4.52 Å². The van der Waals surface area contributed by atoms with Crippen molar-refractivity contribution in [2.45, 2.75) is 26.7 Å². The van der Waals surface area contributed by atoms with E-state index in [9.17, 15) is 9.36 Å². The fourth-order valence-corrected chi connectivity index (χ4v) is 1.09. The maximum absolute atomic E-state index is 11.0. The van der Waals surface area contributed by atoms with Gasteiger partial charge in [0.2, 0.25) is 0 Å². The molecular weight excluding hydrogens is 223 g/mol. The molecule has 0 aromatic heterocycles. The van der Waals surface area contributed by atoms with E-state index < -0.39 is 7.82 Å². The van der Waals surface area contributed by atoms with Gasteiger partial charge in [-0.15, -0.1) is 0 Å². The Morgan fingerprint density at radius 2 is 1.80 bits per heavy atom. The van der Waals surface area contributed by atoms with Crippen LogP contribution in [0.4, 0.5) is 0 Å². The Balaban J connectivity index is 3.33. The zero-order chi connectivity index (χ0) is 11.9. The maximum Gasteiger partial charge on any atom is 0.469 e. The smallest absolute Gasteiger partial charge is 0.465 e. The molecule has 0 aromatic carbocycles. The summed E-state index contributed by atoms with van der Waals surface area (Å²) in [6, 6.07) is 0. The van der Waals surface area contributed by atoms with Crippen LogP contribution in [-0.2, 0) is 18.6 Å². The largest absolute Gasteiger partial charge is 0.469 e. The number of phosphoric acid groups is 1. The number of unbranched alkanes of at least 4 members (excludes halogenated alkanes) is 1. The first-order valence-electron chi connectivity index (χ1n) is 4.69. The van der Waals surface area contributed by atoms with Gasteiger partial charge in [-0.2, -0.15) is 0 Å². The number of ether oxygens (including phenoxy) is 1. The average Bonchev–Trinajstić information content (AvgIpc) is 2.08. The van der Waals surface area contributed by atoms with Crippen molar-refractivity contribution in [3.8, 4) is 0 Å². The van der Waals surface area contributed by atoms with Crippen molar-refractivity contribution in [3.63, 3.8) is 0 Å². The van der Waals surface area contributed by atoms with E-state index in [1.807, 2.05) is 0 Å². The summed E-state index contributed by atoms with van der Waals surface area (Å²) >= 11 is 0. The van der Waals surface area contributed by atoms with Crippen molar-refractivity contribution in [3.05, 3.63) is 0 Å². The average molecular weight is 240 g/mol. The molecule has 0 radical (unpaired) electrons. The predicted molar refractivity (Wildman–Crippen MR) is 53.0 cm³/mol. The summed E-state index contributed by atoms with van der Waals surface area (Å²) in [4.78, 5) is 27.6. The molecule has 0 spiro atoms. The Morgan fingerprint density at radius 3 is 2.27 bits per heavy atom. The van der Waals surface area contributed by atoms with Crippen molar-refractivity contribution in [1.29, 1.82) is 0 Å². The van der Waals surface area contributed by atoms with E-state index in [-0.39, 0.29) is 25.1 Å². The minimum absolute atomic E-state index is 0.0382. The van der Waals surface area contributed by atoms with E-state index in [1.54, 1.807) is 13.8 Å². The third kappa shape index (κ3) is 9.87. The summed E-state index contributed by atoms with van der Waals surface area (Å²) < 4.78 is 19.3. The van der Waals surface area contributed by atoms with Crippen LogP contribution in [-0.4, -0.2) is 29.0 Å². The highest BCUT2D eigenvalue weighted by Gasteiger charge is 2.12. The van der Waals surface area contributed by atoms with Crippen LogP contribution in [0.5, 0.6) is 0 Å². The fraction of sp³-hybridized carbons (Fsp3) is 0.875. The Morgan fingerprint density at radius 1 is 1.27 bits per heavy atom. The molecule has 0 fully saturated rings. The number of carbonyl (C=O) groups excluding carboxylic acids is 1. The number of rotatable bonds is 7. The lowest BCUT2D eigenvalue weighted by Gasteiger charge is -2.07. The first kappa shape index (κ1) is 14.6. The molecule has 0 aliphatic carbocycles. The molecule has 0 aliphatic rings. The SMILES string of the molecule is CC(C)C(=O)OCCCCOP(=O)(O)O. The lowest BCUT2D eigenvalue weighted by Crippen LogP contribution is -2.12. The molecule has 2 N–H and O–H groups in total. The van der Waals surface area contributed by atoms with Crippen molar-refractivity contribution in [2.24, 2.45) is 5.92 Å². The van der Waals surface area contributed by atoms with Crippen LogP contribution in [0.1, 0.15) is 26.7 Å². The van der Waals surface area contributed by atoms with Crippen LogP contribution in [0.15, 0.2) is 0 Å². The molecule has 0 saturated carbocycles. The molecule has 0 atom stereocenters. The van der Waals surface area contributed by atoms with Gasteiger partial charge in [-0.1, -0.05) is 13.8 Å². The van der Waals surface area contributed by atoms with Gasteiger partial charge in [-0.05, 0) is 12.8 Å². The number of esters is 1. The van der Waals surface area contributed by atoms with Crippen LogP contribution in [0, 0.1) is 5.92 Å². The molecule has 0 saturated heterocycles. The topological polar surface area (TPSA) is 93.1 Å². The van der Waals surface area contributed by atoms with Crippen molar-refractivity contribution in [2.75, 3.05) is 13.2 Å². The molecule has 0 unspecified atom stereocenters. The monoisotopic (exact) mass is 240 g/mol. The number of hydrogen-bond acceptors (Lipinski definition) is 4. The summed E-state index contributed by atoms with van der Waals surface area (Å²) in [6.07, 6.45) is 0.967. The Bertz CT molecular complexity index is 233. The number of phosphoric ester groups is 1. The summed E-state index contributed by atoms with van der Waals surface area (Å²) in [6.45, 7) is 3.68. The summed E-state index contributed by atoms with van der Waals surface area (Å²) in [7, 11) is -4.36. The Labute approximate surface area is 88.8 Å². The fourth-order valence-electron chi connectivity index (χ4n) is 0.727. The predicted octanol–water partition coefficient (Wildman–Crippen LogP) is 1.08. The van der Waals surface area contributed by atoms with Crippen molar-refractivity contribution >= 4 is 13.8 Å². The zero-order valence-electron chi connectivity index (χ0n) is 8.88. The number of hydrogen-bond donors (Lipinski definition) is 2. The highest BCUT2D eigenvalue weighted by molar-refractivity contribution is 7.46. The van der Waals surface area contributed by atoms with E-state index >= 15 is 0 Å². The van der Waals surface area contributed by atoms with E-state index in [0.717, 1.165) is 0 Å². The van der Waals surface area contributed by atoms with Gasteiger partial charge in [0.1, 0.15) is 0 Å². The normalized spacial score (nSPS) is 11.8. The molecular formula is C8H17O6P. The third-order valence-corrected chi connectivity index (χ3v) is 2.03. The Hall–Kier alpha value is -0.420. The lowest BCUT2D eigenvalue weighted by atomic mass is 10.2. The first-order valence-corrected chi connectivity index (χ1v) is 6.22. The van der Waals surface area contributed by atoms with Crippen molar-refractivity contribution < 1.29 is 28.4 Å². The van der Waals surface area contributed by atoms with E-state index in [4.69, 9.17) is 14.5 Å². The zero-order valence-corrected chi connectivity index (χ0v) is 9.77. The Kier molecular flexibility index (Phi) is 6.76. The molecule has 0 heterocycles. The van der Waals surface area contributed by atoms with Crippen LogP contribution in [0.25, 0.3) is 0 Å². The second-order valence-electron chi connectivity index (χ2n) is 3.35. The maximum atomic E-state index is 11.0. The first-order chi connectivity index (χ1) is 6.83.